The van der Waals surface area contributed by atoms with E-state index in [0.717, 1.165) is 18.8 Å². The van der Waals surface area contributed by atoms with Gasteiger partial charge < -0.3 is 5.11 Å². The molecule has 170 valence electrons. The minimum absolute atomic E-state index is 0.147. The number of aliphatic hydroxyl groups excluding tert-OH is 1. The second-order valence-corrected chi connectivity index (χ2v) is 12.5. The fraction of sp³-hybridized carbons (Fsp3) is 0.926. The van der Waals surface area contributed by atoms with Crippen molar-refractivity contribution in [3.63, 3.8) is 0 Å². The number of rotatable bonds is 5. The average molecular weight is 417 g/mol. The molecule has 3 heteroatoms. The Morgan fingerprint density at radius 3 is 2.47 bits per heavy atom. The van der Waals surface area contributed by atoms with Gasteiger partial charge in [-0.1, -0.05) is 53.9 Å². The largest absolute Gasteiger partial charge is 0.393 e. The Balaban J connectivity index is 1.56. The number of fused-ring (bicyclic) bond motifs is 5. The second-order valence-electron chi connectivity index (χ2n) is 12.5. The molecule has 0 aromatic heterocycles. The minimum Gasteiger partial charge on any atom is -0.393 e. The molecule has 0 aliphatic heterocycles. The van der Waals surface area contributed by atoms with Crippen molar-refractivity contribution >= 4 is 11.6 Å². The summed E-state index contributed by atoms with van der Waals surface area (Å²) in [6.07, 6.45) is 9.34. The molecule has 0 spiro atoms. The van der Waals surface area contributed by atoms with Crippen molar-refractivity contribution < 1.29 is 14.7 Å². The van der Waals surface area contributed by atoms with E-state index in [1.807, 2.05) is 0 Å². The van der Waals surface area contributed by atoms with E-state index in [2.05, 4.69) is 34.6 Å². The van der Waals surface area contributed by atoms with E-state index < -0.39 is 0 Å². The fourth-order valence-electron chi connectivity index (χ4n) is 9.00. The van der Waals surface area contributed by atoms with Crippen LogP contribution in [0.1, 0.15) is 98.8 Å². The number of hydrogen-bond acceptors (Lipinski definition) is 3. The lowest BCUT2D eigenvalue weighted by Crippen LogP contribution is -2.61. The van der Waals surface area contributed by atoms with Crippen LogP contribution in [0.2, 0.25) is 0 Å². The van der Waals surface area contributed by atoms with E-state index in [-0.39, 0.29) is 34.6 Å². The maximum Gasteiger partial charge on any atom is 0.137 e. The van der Waals surface area contributed by atoms with Crippen LogP contribution >= 0.6 is 0 Å². The average Bonchev–Trinajstić information content (AvgIpc) is 2.99. The fourth-order valence-corrected chi connectivity index (χ4v) is 9.00. The molecule has 0 amide bonds. The summed E-state index contributed by atoms with van der Waals surface area (Å²) < 4.78 is 0. The molecular formula is C27H44O3. The SMILES string of the molecule is CC(C)CCC[C@@H](C)[C@H]1CC[C@H]2[C@@H]3CC(=O)[C@H]4CC(=O)CC[C@]4(C)[C@H]3C(O)C[C@]12C. The maximum absolute atomic E-state index is 13.2. The van der Waals surface area contributed by atoms with Crippen molar-refractivity contribution in [2.24, 2.45) is 52.3 Å². The summed E-state index contributed by atoms with van der Waals surface area (Å²) in [5.41, 5.74) is -0.0264. The summed E-state index contributed by atoms with van der Waals surface area (Å²) >= 11 is 0. The Morgan fingerprint density at radius 1 is 1.03 bits per heavy atom. The van der Waals surface area contributed by atoms with E-state index in [1.165, 1.54) is 32.1 Å². The van der Waals surface area contributed by atoms with E-state index >= 15 is 0 Å². The highest BCUT2D eigenvalue weighted by Gasteiger charge is 2.65. The van der Waals surface area contributed by atoms with E-state index in [1.54, 1.807) is 0 Å². The molecule has 0 heterocycles. The zero-order valence-corrected chi connectivity index (χ0v) is 20.0. The van der Waals surface area contributed by atoms with Gasteiger partial charge in [-0.15, -0.1) is 0 Å². The van der Waals surface area contributed by atoms with Gasteiger partial charge >= 0.3 is 0 Å². The predicted octanol–water partition coefficient (Wildman–Crippen LogP) is 5.83. The summed E-state index contributed by atoms with van der Waals surface area (Å²) in [6, 6.07) is 0. The van der Waals surface area contributed by atoms with Gasteiger partial charge in [-0.05, 0) is 72.0 Å². The predicted molar refractivity (Wildman–Crippen MR) is 120 cm³/mol. The van der Waals surface area contributed by atoms with Gasteiger partial charge in [0.05, 0.1) is 6.10 Å². The van der Waals surface area contributed by atoms with Crippen LogP contribution in [0.4, 0.5) is 0 Å². The molecule has 4 fully saturated rings. The number of hydrogen-bond donors (Lipinski definition) is 1. The van der Waals surface area contributed by atoms with Crippen LogP contribution in [0, 0.1) is 52.3 Å². The summed E-state index contributed by atoms with van der Waals surface area (Å²) in [4.78, 5) is 25.3. The molecule has 0 aromatic carbocycles. The lowest BCUT2D eigenvalue weighted by Gasteiger charge is -2.61. The lowest BCUT2D eigenvalue weighted by atomic mass is 9.43. The Bertz CT molecular complexity index is 684. The van der Waals surface area contributed by atoms with Crippen molar-refractivity contribution in [3.05, 3.63) is 0 Å². The molecule has 30 heavy (non-hydrogen) atoms. The molecule has 0 radical (unpaired) electrons. The van der Waals surface area contributed by atoms with E-state index in [4.69, 9.17) is 0 Å². The summed E-state index contributed by atoms with van der Waals surface area (Å²) in [6.45, 7) is 11.7. The number of Topliss-reactive ketones (excluding diaryl/α,β-unsaturated/α-hetero) is 2. The molecule has 0 saturated heterocycles. The first-order valence-electron chi connectivity index (χ1n) is 12.8. The summed E-state index contributed by atoms with van der Waals surface area (Å²) in [5, 5.41) is 11.5. The molecule has 4 rings (SSSR count). The summed E-state index contributed by atoms with van der Waals surface area (Å²) in [7, 11) is 0. The number of aliphatic hydroxyl groups is 1. The van der Waals surface area contributed by atoms with Gasteiger partial charge in [0, 0.05) is 25.2 Å². The van der Waals surface area contributed by atoms with Crippen molar-refractivity contribution in [2.45, 2.75) is 105 Å². The Labute approximate surface area is 183 Å². The molecule has 9 atom stereocenters. The molecule has 4 saturated carbocycles. The highest BCUT2D eigenvalue weighted by molar-refractivity contribution is 5.90. The summed E-state index contributed by atoms with van der Waals surface area (Å²) in [5.74, 6) is 3.61. The van der Waals surface area contributed by atoms with Gasteiger partial charge in [0.25, 0.3) is 0 Å². The van der Waals surface area contributed by atoms with Crippen molar-refractivity contribution in [3.8, 4) is 0 Å². The van der Waals surface area contributed by atoms with Gasteiger partial charge in [-0.25, -0.2) is 0 Å². The van der Waals surface area contributed by atoms with Crippen molar-refractivity contribution in [2.75, 3.05) is 0 Å². The van der Waals surface area contributed by atoms with Gasteiger partial charge in [0.2, 0.25) is 0 Å². The zero-order valence-electron chi connectivity index (χ0n) is 20.0. The normalized spacial score (nSPS) is 47.0. The third kappa shape index (κ3) is 3.51. The Morgan fingerprint density at radius 2 is 1.77 bits per heavy atom. The monoisotopic (exact) mass is 416 g/mol. The molecule has 3 nitrogen and oxygen atoms in total. The lowest BCUT2D eigenvalue weighted by molar-refractivity contribution is -0.180. The maximum atomic E-state index is 13.2. The minimum atomic E-state index is -0.325. The van der Waals surface area contributed by atoms with Gasteiger partial charge in [-0.3, -0.25) is 9.59 Å². The quantitative estimate of drug-likeness (QED) is 0.614. The third-order valence-corrected chi connectivity index (χ3v) is 10.4. The van der Waals surface area contributed by atoms with Crippen molar-refractivity contribution in [1.82, 2.24) is 0 Å². The molecule has 1 N–H and O–H groups in total. The molecule has 4 aliphatic carbocycles. The van der Waals surface area contributed by atoms with Gasteiger partial charge in [0.1, 0.15) is 11.6 Å². The number of carbonyl (C=O) groups excluding carboxylic acids is 2. The van der Waals surface area contributed by atoms with Crippen LogP contribution in [-0.2, 0) is 9.59 Å². The first-order chi connectivity index (χ1) is 14.1. The van der Waals surface area contributed by atoms with E-state index in [0.29, 0.717) is 48.7 Å². The standard InChI is InChI=1S/C27H44O3/c1-16(2)7-6-8-17(3)20-9-10-21-19-14-23(29)22-13-18(28)11-12-26(22,4)25(19)24(30)15-27(20,21)5/h16-17,19-22,24-25,30H,6-15H2,1-5H3/t17-,19+,20-,21+,22-,24?,25-,26+,27-/m1/s1. The molecule has 1 unspecified atom stereocenters. The zero-order chi connectivity index (χ0) is 21.8. The van der Waals surface area contributed by atoms with Crippen molar-refractivity contribution in [1.29, 1.82) is 0 Å². The number of carbonyl (C=O) groups is 2. The first kappa shape index (κ1) is 22.5. The first-order valence-corrected chi connectivity index (χ1v) is 12.8. The van der Waals surface area contributed by atoms with E-state index in [9.17, 15) is 14.7 Å². The van der Waals surface area contributed by atoms with Crippen LogP contribution in [0.3, 0.4) is 0 Å². The Kier molecular flexibility index (Phi) is 6.01. The Hall–Kier alpha value is -0.700. The molecule has 4 aliphatic rings. The second kappa shape index (κ2) is 8.01. The smallest absolute Gasteiger partial charge is 0.137 e. The molecule has 0 aromatic rings. The third-order valence-electron chi connectivity index (χ3n) is 10.4. The van der Waals surface area contributed by atoms with Gasteiger partial charge in [-0.2, -0.15) is 0 Å². The highest BCUT2D eigenvalue weighted by atomic mass is 16.3. The topological polar surface area (TPSA) is 54.4 Å². The van der Waals surface area contributed by atoms with Crippen LogP contribution in [0.25, 0.3) is 0 Å². The molecular weight excluding hydrogens is 372 g/mol. The number of ketones is 2. The molecule has 0 bridgehead atoms. The highest BCUT2D eigenvalue weighted by Crippen LogP contribution is 2.67. The van der Waals surface area contributed by atoms with Crippen LogP contribution in [0.15, 0.2) is 0 Å². The van der Waals surface area contributed by atoms with Crippen LogP contribution in [-0.4, -0.2) is 22.8 Å². The van der Waals surface area contributed by atoms with Crippen LogP contribution in [0.5, 0.6) is 0 Å². The van der Waals surface area contributed by atoms with Gasteiger partial charge in [0.15, 0.2) is 0 Å². The van der Waals surface area contributed by atoms with Crippen LogP contribution < -0.4 is 0 Å².